The summed E-state index contributed by atoms with van der Waals surface area (Å²) in [5.74, 6) is 1.33. The van der Waals surface area contributed by atoms with Gasteiger partial charge in [0.1, 0.15) is 17.7 Å². The zero-order chi connectivity index (χ0) is 24.0. The van der Waals surface area contributed by atoms with E-state index in [1.54, 1.807) is 30.2 Å². The van der Waals surface area contributed by atoms with Crippen molar-refractivity contribution in [3.63, 3.8) is 0 Å². The van der Waals surface area contributed by atoms with Crippen LogP contribution in [0, 0.1) is 0 Å². The van der Waals surface area contributed by atoms with E-state index in [0.29, 0.717) is 48.2 Å². The van der Waals surface area contributed by atoms with Crippen LogP contribution < -0.4 is 15.4 Å². The second-order valence-electron chi connectivity index (χ2n) is 9.31. The standard InChI is InChI=1S/C24H32N4O5S/c1-15-24(29)27(2)20-7-9-22(26-23(20)28(15)16-10-12-33-13-11-16)25-19-14-18(6-8-21(19)32-3)34(30,31)17-4-5-17/h6-9,14-17,23,25-26H,4-5,10-13H2,1-3H3/t15-,23?/m1/s1. The van der Waals surface area contributed by atoms with Crippen molar-refractivity contribution in [3.05, 3.63) is 41.9 Å². The molecular weight excluding hydrogens is 456 g/mol. The Bertz CT molecular complexity index is 1140. The maximum absolute atomic E-state index is 13.0. The number of fused-ring (bicyclic) bond motifs is 1. The molecule has 0 bridgehead atoms. The smallest absolute Gasteiger partial charge is 0.243 e. The fraction of sp³-hybridized carbons (Fsp3) is 0.542. The molecule has 1 aliphatic carbocycles. The molecular formula is C24H32N4O5S. The highest BCUT2D eigenvalue weighted by atomic mass is 32.2. The van der Waals surface area contributed by atoms with E-state index in [1.165, 1.54) is 0 Å². The molecule has 3 aliphatic heterocycles. The molecule has 0 aromatic heterocycles. The van der Waals surface area contributed by atoms with Crippen molar-refractivity contribution in [3.8, 4) is 5.75 Å². The van der Waals surface area contributed by atoms with Gasteiger partial charge in [-0.05, 0) is 63.0 Å². The van der Waals surface area contributed by atoms with Crippen molar-refractivity contribution in [2.24, 2.45) is 0 Å². The van der Waals surface area contributed by atoms with Gasteiger partial charge in [-0.1, -0.05) is 0 Å². The van der Waals surface area contributed by atoms with E-state index < -0.39 is 9.84 Å². The van der Waals surface area contributed by atoms with Crippen LogP contribution in [0.3, 0.4) is 0 Å². The van der Waals surface area contributed by atoms with Crippen LogP contribution in [0.1, 0.15) is 32.6 Å². The van der Waals surface area contributed by atoms with Crippen LogP contribution in [0.2, 0.25) is 0 Å². The molecule has 184 valence electrons. The number of carbonyl (C=O) groups excluding carboxylic acids is 1. The van der Waals surface area contributed by atoms with Crippen molar-refractivity contribution in [2.45, 2.75) is 61.0 Å². The quantitative estimate of drug-likeness (QED) is 0.628. The Morgan fingerprint density at radius 2 is 1.88 bits per heavy atom. The first kappa shape index (κ1) is 23.2. The van der Waals surface area contributed by atoms with Crippen LogP contribution in [0.5, 0.6) is 5.75 Å². The number of hydrogen-bond donors (Lipinski definition) is 2. The number of likely N-dealkylation sites (N-methyl/N-ethyl adjacent to an activating group) is 1. The Balaban J connectivity index is 1.44. The van der Waals surface area contributed by atoms with Crippen molar-refractivity contribution in [1.82, 2.24) is 15.1 Å². The fourth-order valence-electron chi connectivity index (χ4n) is 5.08. The molecule has 10 heteroatoms. The van der Waals surface area contributed by atoms with Gasteiger partial charge < -0.3 is 25.0 Å². The summed E-state index contributed by atoms with van der Waals surface area (Å²) in [5, 5.41) is 6.59. The number of allylic oxidation sites excluding steroid dienone is 2. The lowest BCUT2D eigenvalue weighted by atomic mass is 9.98. The molecule has 1 aromatic rings. The van der Waals surface area contributed by atoms with Gasteiger partial charge in [0.25, 0.3) is 0 Å². The number of benzene rings is 1. The van der Waals surface area contributed by atoms with Gasteiger partial charge in [-0.2, -0.15) is 0 Å². The highest BCUT2D eigenvalue weighted by Gasteiger charge is 2.44. The van der Waals surface area contributed by atoms with E-state index in [9.17, 15) is 13.2 Å². The van der Waals surface area contributed by atoms with Gasteiger partial charge in [0.15, 0.2) is 9.84 Å². The molecule has 5 rings (SSSR count). The van der Waals surface area contributed by atoms with E-state index in [1.807, 2.05) is 26.1 Å². The molecule has 9 nitrogen and oxygen atoms in total. The minimum Gasteiger partial charge on any atom is -0.495 e. The van der Waals surface area contributed by atoms with Crippen LogP contribution in [0.25, 0.3) is 0 Å². The summed E-state index contributed by atoms with van der Waals surface area (Å²) < 4.78 is 36.6. The van der Waals surface area contributed by atoms with Crippen LogP contribution in [-0.2, 0) is 19.4 Å². The third kappa shape index (κ3) is 4.08. The van der Waals surface area contributed by atoms with Crippen molar-refractivity contribution in [1.29, 1.82) is 0 Å². The predicted molar refractivity (Wildman–Crippen MR) is 128 cm³/mol. The molecule has 1 aromatic carbocycles. The Kier molecular flexibility index (Phi) is 6.07. The SMILES string of the molecule is COc1ccc(S(=O)(=O)C2CC2)cc1NC1=CC=C2C(N1)N(C1CCOCC1)[C@H](C)C(=O)N2C. The molecule has 2 atom stereocenters. The highest BCUT2D eigenvalue weighted by Crippen LogP contribution is 2.37. The number of amides is 1. The minimum atomic E-state index is -3.33. The maximum Gasteiger partial charge on any atom is 0.243 e. The van der Waals surface area contributed by atoms with Gasteiger partial charge in [-0.15, -0.1) is 0 Å². The number of piperazine rings is 1. The monoisotopic (exact) mass is 488 g/mol. The zero-order valence-electron chi connectivity index (χ0n) is 19.8. The van der Waals surface area contributed by atoms with Gasteiger partial charge in [-0.3, -0.25) is 9.69 Å². The minimum absolute atomic E-state index is 0.0697. The van der Waals surface area contributed by atoms with Gasteiger partial charge >= 0.3 is 0 Å². The number of nitrogens with zero attached hydrogens (tertiary/aromatic N) is 2. The Morgan fingerprint density at radius 3 is 2.56 bits per heavy atom. The van der Waals surface area contributed by atoms with Gasteiger partial charge in [0.05, 0.1) is 34.7 Å². The Morgan fingerprint density at radius 1 is 1.15 bits per heavy atom. The third-order valence-electron chi connectivity index (χ3n) is 7.16. The molecule has 0 spiro atoms. The number of ether oxygens (including phenoxy) is 2. The maximum atomic E-state index is 13.0. The van der Waals surface area contributed by atoms with Crippen LogP contribution in [0.4, 0.5) is 5.69 Å². The summed E-state index contributed by atoms with van der Waals surface area (Å²) in [5.41, 5.74) is 1.46. The summed E-state index contributed by atoms with van der Waals surface area (Å²) in [4.78, 5) is 17.2. The Hall–Kier alpha value is -2.56. The number of hydrogen-bond acceptors (Lipinski definition) is 8. The highest BCUT2D eigenvalue weighted by molar-refractivity contribution is 7.92. The molecule has 3 fully saturated rings. The zero-order valence-corrected chi connectivity index (χ0v) is 20.6. The first-order valence-corrected chi connectivity index (χ1v) is 13.4. The molecule has 1 amide bonds. The third-order valence-corrected chi connectivity index (χ3v) is 9.42. The van der Waals surface area contributed by atoms with Gasteiger partial charge in [0, 0.05) is 26.3 Å². The molecule has 1 unspecified atom stereocenters. The molecule has 34 heavy (non-hydrogen) atoms. The van der Waals surface area contributed by atoms with E-state index in [-0.39, 0.29) is 29.4 Å². The number of sulfone groups is 1. The number of dihydropyridines is 1. The summed E-state index contributed by atoms with van der Waals surface area (Å²) in [6.45, 7) is 3.32. The molecule has 2 saturated heterocycles. The summed E-state index contributed by atoms with van der Waals surface area (Å²) in [6, 6.07) is 4.89. The summed E-state index contributed by atoms with van der Waals surface area (Å²) >= 11 is 0. The summed E-state index contributed by atoms with van der Waals surface area (Å²) in [7, 11) is 0.0411. The molecule has 1 saturated carbocycles. The number of anilines is 1. The van der Waals surface area contributed by atoms with E-state index in [4.69, 9.17) is 9.47 Å². The van der Waals surface area contributed by atoms with E-state index in [0.717, 1.165) is 18.5 Å². The fourth-order valence-corrected chi connectivity index (χ4v) is 6.76. The molecule has 4 aliphatic rings. The average molecular weight is 489 g/mol. The van der Waals surface area contributed by atoms with E-state index in [2.05, 4.69) is 15.5 Å². The predicted octanol–water partition coefficient (Wildman–Crippen LogP) is 2.04. The lowest BCUT2D eigenvalue weighted by molar-refractivity contribution is -0.142. The second kappa shape index (κ2) is 8.90. The topological polar surface area (TPSA) is 100 Å². The number of nitrogens with one attached hydrogen (secondary N) is 2. The number of methoxy groups -OCH3 is 1. The Labute approximate surface area is 200 Å². The first-order chi connectivity index (χ1) is 16.3. The van der Waals surface area contributed by atoms with Crippen LogP contribution in [0.15, 0.2) is 46.8 Å². The largest absolute Gasteiger partial charge is 0.495 e. The number of rotatable bonds is 6. The van der Waals surface area contributed by atoms with Crippen LogP contribution >= 0.6 is 0 Å². The average Bonchev–Trinajstić information content (AvgIpc) is 3.70. The van der Waals surface area contributed by atoms with Gasteiger partial charge in [0.2, 0.25) is 5.91 Å². The van der Waals surface area contributed by atoms with Gasteiger partial charge in [-0.25, -0.2) is 8.42 Å². The normalized spacial score (nSPS) is 26.3. The van der Waals surface area contributed by atoms with E-state index >= 15 is 0 Å². The van der Waals surface area contributed by atoms with Crippen molar-refractivity contribution < 1.29 is 22.7 Å². The van der Waals surface area contributed by atoms with Crippen molar-refractivity contribution in [2.75, 3.05) is 32.7 Å². The lowest BCUT2D eigenvalue weighted by Gasteiger charge is -2.51. The lowest BCUT2D eigenvalue weighted by Crippen LogP contribution is -2.66. The van der Waals surface area contributed by atoms with Crippen LogP contribution in [-0.4, -0.2) is 75.0 Å². The first-order valence-electron chi connectivity index (χ1n) is 11.8. The molecule has 0 radical (unpaired) electrons. The molecule has 2 N–H and O–H groups in total. The molecule has 3 heterocycles. The van der Waals surface area contributed by atoms with Crippen molar-refractivity contribution >= 4 is 21.4 Å². The summed E-state index contributed by atoms with van der Waals surface area (Å²) in [6.07, 6.45) is 6.78. The second-order valence-corrected chi connectivity index (χ2v) is 11.5. The number of carbonyl (C=O) groups is 1.